The number of nitrogens with one attached hydrogen (secondary N) is 1. The van der Waals surface area contributed by atoms with Gasteiger partial charge in [-0.05, 0) is 29.7 Å². The van der Waals surface area contributed by atoms with Crippen LogP contribution in [-0.2, 0) is 13.0 Å². The number of oxazole rings is 1. The van der Waals surface area contributed by atoms with Gasteiger partial charge in [0.2, 0.25) is 5.89 Å². The molecule has 0 spiro atoms. The fourth-order valence-corrected chi connectivity index (χ4v) is 2.97. The molecule has 0 aliphatic rings. The molecule has 0 atom stereocenters. The minimum Gasteiger partial charge on any atom is -0.444 e. The Morgan fingerprint density at radius 2 is 2.29 bits per heavy atom. The van der Waals surface area contributed by atoms with Crippen molar-refractivity contribution in [1.82, 2.24) is 10.3 Å². The Hall–Kier alpha value is -2.34. The summed E-state index contributed by atoms with van der Waals surface area (Å²) in [6.07, 6.45) is 2.47. The molecule has 0 fully saturated rings. The molecule has 108 valence electrons. The first-order chi connectivity index (χ1) is 10.2. The number of benzene rings is 1. The van der Waals surface area contributed by atoms with Gasteiger partial charge in [-0.15, -0.1) is 11.3 Å². The van der Waals surface area contributed by atoms with Crippen molar-refractivity contribution in [1.29, 1.82) is 0 Å². The van der Waals surface area contributed by atoms with Crippen molar-refractivity contribution >= 4 is 33.0 Å². The Morgan fingerprint density at radius 1 is 1.43 bits per heavy atom. The second-order valence-electron chi connectivity index (χ2n) is 4.66. The van der Waals surface area contributed by atoms with E-state index in [0.29, 0.717) is 16.5 Å². The predicted molar refractivity (Wildman–Crippen MR) is 83.3 cm³/mol. The molecule has 0 bridgehead atoms. The molecule has 0 saturated heterocycles. The SMILES string of the molecule is CCc1cnc(CNC(=O)c2cc3cc(N)ccc3s2)o1. The molecule has 0 radical (unpaired) electrons. The second-order valence-corrected chi connectivity index (χ2v) is 5.75. The molecular weight excluding hydrogens is 286 g/mol. The zero-order chi connectivity index (χ0) is 14.8. The van der Waals surface area contributed by atoms with E-state index in [1.54, 1.807) is 6.20 Å². The molecule has 3 aromatic rings. The standard InChI is InChI=1S/C15H15N3O2S/c1-2-11-7-17-14(20-11)8-18-15(19)13-6-9-5-10(16)3-4-12(9)21-13/h3-7H,2,8,16H2,1H3,(H,18,19). The zero-order valence-corrected chi connectivity index (χ0v) is 12.4. The summed E-state index contributed by atoms with van der Waals surface area (Å²) in [5.41, 5.74) is 6.44. The number of nitrogen functional groups attached to an aromatic ring is 1. The molecule has 3 N–H and O–H groups in total. The molecule has 0 unspecified atom stereocenters. The predicted octanol–water partition coefficient (Wildman–Crippen LogP) is 2.96. The van der Waals surface area contributed by atoms with E-state index < -0.39 is 0 Å². The van der Waals surface area contributed by atoms with Crippen LogP contribution in [0.1, 0.15) is 28.2 Å². The summed E-state index contributed by atoms with van der Waals surface area (Å²) in [5, 5.41) is 3.79. The summed E-state index contributed by atoms with van der Waals surface area (Å²) < 4.78 is 6.50. The number of nitrogens with two attached hydrogens (primary N) is 1. The number of aromatic nitrogens is 1. The average Bonchev–Trinajstić information content (AvgIpc) is 3.10. The van der Waals surface area contributed by atoms with E-state index in [0.717, 1.165) is 22.3 Å². The van der Waals surface area contributed by atoms with Crippen LogP contribution in [-0.4, -0.2) is 10.9 Å². The lowest BCUT2D eigenvalue weighted by Gasteiger charge is -1.99. The third-order valence-corrected chi connectivity index (χ3v) is 4.23. The Kier molecular flexibility index (Phi) is 3.62. The van der Waals surface area contributed by atoms with Crippen LogP contribution >= 0.6 is 11.3 Å². The highest BCUT2D eigenvalue weighted by Crippen LogP contribution is 2.27. The summed E-state index contributed by atoms with van der Waals surface area (Å²) in [5.74, 6) is 1.20. The van der Waals surface area contributed by atoms with Crippen molar-refractivity contribution in [2.75, 3.05) is 5.73 Å². The highest BCUT2D eigenvalue weighted by atomic mass is 32.1. The number of aryl methyl sites for hydroxylation is 1. The van der Waals surface area contributed by atoms with Crippen molar-refractivity contribution < 1.29 is 9.21 Å². The Morgan fingerprint density at radius 3 is 3.05 bits per heavy atom. The van der Waals surface area contributed by atoms with Gasteiger partial charge in [-0.2, -0.15) is 0 Å². The summed E-state index contributed by atoms with van der Waals surface area (Å²) in [7, 11) is 0. The molecule has 0 saturated carbocycles. The highest BCUT2D eigenvalue weighted by Gasteiger charge is 2.11. The number of nitrogens with zero attached hydrogens (tertiary/aromatic N) is 1. The van der Waals surface area contributed by atoms with Gasteiger partial charge in [-0.1, -0.05) is 6.92 Å². The first kappa shape index (κ1) is 13.6. The second kappa shape index (κ2) is 5.57. The van der Waals surface area contributed by atoms with Gasteiger partial charge in [0, 0.05) is 16.8 Å². The Bertz CT molecular complexity index is 791. The van der Waals surface area contributed by atoms with Gasteiger partial charge in [-0.3, -0.25) is 4.79 Å². The molecule has 1 aromatic carbocycles. The molecule has 0 aliphatic heterocycles. The van der Waals surface area contributed by atoms with Crippen molar-refractivity contribution in [3.05, 3.63) is 47.0 Å². The Labute approximate surface area is 125 Å². The summed E-state index contributed by atoms with van der Waals surface area (Å²) in [6.45, 7) is 2.28. The Balaban J connectivity index is 1.71. The molecule has 3 rings (SSSR count). The number of anilines is 1. The lowest BCUT2D eigenvalue weighted by Crippen LogP contribution is -2.21. The third kappa shape index (κ3) is 2.90. The average molecular weight is 301 g/mol. The van der Waals surface area contributed by atoms with Gasteiger partial charge in [0.25, 0.3) is 5.91 Å². The van der Waals surface area contributed by atoms with Crippen LogP contribution < -0.4 is 11.1 Å². The van der Waals surface area contributed by atoms with E-state index in [1.807, 2.05) is 31.2 Å². The van der Waals surface area contributed by atoms with E-state index in [9.17, 15) is 4.79 Å². The van der Waals surface area contributed by atoms with Gasteiger partial charge in [0.1, 0.15) is 5.76 Å². The fraction of sp³-hybridized carbons (Fsp3) is 0.200. The van der Waals surface area contributed by atoms with Gasteiger partial charge in [-0.25, -0.2) is 4.98 Å². The molecule has 5 nitrogen and oxygen atoms in total. The molecular formula is C15H15N3O2S. The lowest BCUT2D eigenvalue weighted by molar-refractivity contribution is 0.0951. The van der Waals surface area contributed by atoms with E-state index >= 15 is 0 Å². The van der Waals surface area contributed by atoms with E-state index in [-0.39, 0.29) is 12.5 Å². The molecule has 0 aliphatic carbocycles. The number of thiophene rings is 1. The third-order valence-electron chi connectivity index (χ3n) is 3.11. The maximum atomic E-state index is 12.1. The molecule has 2 aromatic heterocycles. The number of amides is 1. The minimum absolute atomic E-state index is 0.133. The first-order valence-electron chi connectivity index (χ1n) is 6.66. The van der Waals surface area contributed by atoms with Gasteiger partial charge in [0.15, 0.2) is 0 Å². The van der Waals surface area contributed by atoms with Crippen LogP contribution in [0.5, 0.6) is 0 Å². The normalized spacial score (nSPS) is 10.9. The summed E-state index contributed by atoms with van der Waals surface area (Å²) in [6, 6.07) is 7.47. The smallest absolute Gasteiger partial charge is 0.261 e. The number of carbonyl (C=O) groups excluding carboxylic acids is 1. The van der Waals surface area contributed by atoms with Crippen LogP contribution in [0.2, 0.25) is 0 Å². The first-order valence-corrected chi connectivity index (χ1v) is 7.48. The number of carbonyl (C=O) groups is 1. The number of fused-ring (bicyclic) bond motifs is 1. The van der Waals surface area contributed by atoms with Gasteiger partial charge < -0.3 is 15.5 Å². The minimum atomic E-state index is -0.133. The van der Waals surface area contributed by atoms with Crippen LogP contribution in [0.3, 0.4) is 0 Å². The van der Waals surface area contributed by atoms with Crippen molar-refractivity contribution in [3.8, 4) is 0 Å². The maximum Gasteiger partial charge on any atom is 0.261 e. The van der Waals surface area contributed by atoms with Gasteiger partial charge >= 0.3 is 0 Å². The molecule has 6 heteroatoms. The maximum absolute atomic E-state index is 12.1. The molecule has 2 heterocycles. The lowest BCUT2D eigenvalue weighted by atomic mass is 10.2. The van der Waals surface area contributed by atoms with Crippen LogP contribution in [0.4, 0.5) is 5.69 Å². The molecule has 1 amide bonds. The van der Waals surface area contributed by atoms with Crippen LogP contribution in [0.15, 0.2) is 34.9 Å². The van der Waals surface area contributed by atoms with Crippen molar-refractivity contribution in [3.63, 3.8) is 0 Å². The molecule has 21 heavy (non-hydrogen) atoms. The number of rotatable bonds is 4. The topological polar surface area (TPSA) is 81.2 Å². The monoisotopic (exact) mass is 301 g/mol. The van der Waals surface area contributed by atoms with Crippen LogP contribution in [0.25, 0.3) is 10.1 Å². The van der Waals surface area contributed by atoms with Gasteiger partial charge in [0.05, 0.1) is 17.6 Å². The highest BCUT2D eigenvalue weighted by molar-refractivity contribution is 7.20. The van der Waals surface area contributed by atoms with Crippen molar-refractivity contribution in [2.45, 2.75) is 19.9 Å². The van der Waals surface area contributed by atoms with Crippen molar-refractivity contribution in [2.24, 2.45) is 0 Å². The quantitative estimate of drug-likeness (QED) is 0.726. The number of hydrogen-bond acceptors (Lipinski definition) is 5. The van der Waals surface area contributed by atoms with E-state index in [1.165, 1.54) is 11.3 Å². The van der Waals surface area contributed by atoms with E-state index in [2.05, 4.69) is 10.3 Å². The fourth-order valence-electron chi connectivity index (χ4n) is 2.01. The summed E-state index contributed by atoms with van der Waals surface area (Å²) >= 11 is 1.44. The zero-order valence-electron chi connectivity index (χ0n) is 11.6. The number of hydrogen-bond donors (Lipinski definition) is 2. The largest absolute Gasteiger partial charge is 0.444 e. The summed E-state index contributed by atoms with van der Waals surface area (Å²) in [4.78, 5) is 16.9. The van der Waals surface area contributed by atoms with Crippen LogP contribution in [0, 0.1) is 0 Å². The van der Waals surface area contributed by atoms with E-state index in [4.69, 9.17) is 10.2 Å².